The van der Waals surface area contributed by atoms with Crippen LogP contribution in [0.2, 0.25) is 0 Å². The normalized spacial score (nSPS) is 11.3. The highest BCUT2D eigenvalue weighted by Gasteiger charge is 2.12. The molecule has 0 aromatic heterocycles. The molecule has 1 rings (SSSR count). The van der Waals surface area contributed by atoms with E-state index >= 15 is 0 Å². The number of thiocarbonyl (C=S) groups is 1. The van der Waals surface area contributed by atoms with Crippen LogP contribution in [0, 0.1) is 0 Å². The molecule has 0 aliphatic heterocycles. The molecule has 0 spiro atoms. The van der Waals surface area contributed by atoms with Gasteiger partial charge in [-0.3, -0.25) is 0 Å². The predicted molar refractivity (Wildman–Crippen MR) is 91.5 cm³/mol. The van der Waals surface area contributed by atoms with Crippen LogP contribution in [0.5, 0.6) is 0 Å². The Morgan fingerprint density at radius 2 is 2.10 bits per heavy atom. The molecular weight excluding hydrogens is 312 g/mol. The lowest BCUT2D eigenvalue weighted by atomic mass is 10.1. The van der Waals surface area contributed by atoms with Crippen molar-refractivity contribution >= 4 is 44.5 Å². The molecule has 0 amide bonds. The fourth-order valence-corrected chi connectivity index (χ4v) is 3.53. The smallest absolute Gasteiger partial charge is 0.151 e. The lowest BCUT2D eigenvalue weighted by molar-refractivity contribution is 0.597. The van der Waals surface area contributed by atoms with Gasteiger partial charge in [-0.2, -0.15) is 0 Å². The van der Waals surface area contributed by atoms with E-state index < -0.39 is 9.84 Å². The maximum Gasteiger partial charge on any atom is 0.151 e. The van der Waals surface area contributed by atoms with Crippen molar-refractivity contribution in [2.24, 2.45) is 5.73 Å². The maximum absolute atomic E-state index is 11.5. The van der Waals surface area contributed by atoms with Crippen molar-refractivity contribution in [2.75, 3.05) is 29.1 Å². The molecule has 0 bridgehead atoms. The summed E-state index contributed by atoms with van der Waals surface area (Å²) in [7, 11) is -2.97. The summed E-state index contributed by atoms with van der Waals surface area (Å²) in [6.45, 7) is 4.06. The van der Waals surface area contributed by atoms with E-state index in [0.717, 1.165) is 21.9 Å². The van der Waals surface area contributed by atoms with E-state index in [2.05, 4.69) is 12.2 Å². The van der Waals surface area contributed by atoms with Crippen LogP contribution in [0.25, 0.3) is 0 Å². The van der Waals surface area contributed by atoms with Crippen LogP contribution < -0.4 is 11.1 Å². The van der Waals surface area contributed by atoms with E-state index in [1.807, 2.05) is 18.2 Å². The first-order valence-corrected chi connectivity index (χ1v) is 9.62. The lowest BCUT2D eigenvalue weighted by Gasteiger charge is -2.14. The number of hydrogen-bond donors (Lipinski definition) is 2. The van der Waals surface area contributed by atoms with Gasteiger partial charge >= 0.3 is 0 Å². The summed E-state index contributed by atoms with van der Waals surface area (Å²) < 4.78 is 23.0. The van der Waals surface area contributed by atoms with E-state index in [-0.39, 0.29) is 11.5 Å². The number of anilines is 1. The van der Waals surface area contributed by atoms with E-state index in [1.54, 1.807) is 18.7 Å². The molecule has 0 fully saturated rings. The van der Waals surface area contributed by atoms with Crippen LogP contribution in [-0.4, -0.2) is 37.2 Å². The van der Waals surface area contributed by atoms with Crippen LogP contribution in [0.4, 0.5) is 5.69 Å². The molecule has 0 heterocycles. The third kappa shape index (κ3) is 4.96. The zero-order valence-corrected chi connectivity index (χ0v) is 14.1. The highest BCUT2D eigenvalue weighted by atomic mass is 32.2. The van der Waals surface area contributed by atoms with E-state index in [4.69, 9.17) is 18.0 Å². The first kappa shape index (κ1) is 17.3. The summed E-state index contributed by atoms with van der Waals surface area (Å²) in [5.74, 6) is 1.18. The number of sulfone groups is 1. The molecule has 0 atom stereocenters. The third-order valence-corrected chi connectivity index (χ3v) is 5.59. The van der Waals surface area contributed by atoms with Crippen molar-refractivity contribution in [1.29, 1.82) is 0 Å². The minimum absolute atomic E-state index is 0.103. The first-order chi connectivity index (χ1) is 9.41. The second-order valence-electron chi connectivity index (χ2n) is 4.14. The van der Waals surface area contributed by atoms with E-state index in [1.165, 1.54) is 0 Å². The standard InChI is InChI=1S/C13H20N2O2S3/c1-3-19-11-7-5-6-10(12(11)13(14)18)15-8-9-20(16,17)4-2/h5-7,15H,3-4,8-9H2,1-2H3,(H2,14,18). The summed E-state index contributed by atoms with van der Waals surface area (Å²) in [6, 6.07) is 5.75. The SMILES string of the molecule is CCSc1cccc(NCCS(=O)(=O)CC)c1C(N)=S. The van der Waals surface area contributed by atoms with Gasteiger partial charge in [-0.25, -0.2) is 8.42 Å². The van der Waals surface area contributed by atoms with Gasteiger partial charge in [0.05, 0.1) is 5.75 Å². The van der Waals surface area contributed by atoms with Gasteiger partial charge in [0.2, 0.25) is 0 Å². The van der Waals surface area contributed by atoms with Crippen LogP contribution in [0.3, 0.4) is 0 Å². The molecule has 4 nitrogen and oxygen atoms in total. The van der Waals surface area contributed by atoms with Gasteiger partial charge in [0, 0.05) is 28.4 Å². The number of thioether (sulfide) groups is 1. The van der Waals surface area contributed by atoms with Gasteiger partial charge in [-0.1, -0.05) is 32.1 Å². The van der Waals surface area contributed by atoms with E-state index in [9.17, 15) is 8.42 Å². The van der Waals surface area contributed by atoms with Gasteiger partial charge in [0.15, 0.2) is 9.84 Å². The number of benzene rings is 1. The summed E-state index contributed by atoms with van der Waals surface area (Å²) in [4.78, 5) is 1.34. The van der Waals surface area contributed by atoms with Gasteiger partial charge in [-0.05, 0) is 17.9 Å². The molecule has 112 valence electrons. The highest BCUT2D eigenvalue weighted by Crippen LogP contribution is 2.28. The Morgan fingerprint density at radius 3 is 2.65 bits per heavy atom. The summed E-state index contributed by atoms with van der Waals surface area (Å²) >= 11 is 6.77. The van der Waals surface area contributed by atoms with Crippen molar-refractivity contribution in [3.05, 3.63) is 23.8 Å². The van der Waals surface area contributed by atoms with E-state index in [0.29, 0.717) is 11.5 Å². The molecule has 0 unspecified atom stereocenters. The Morgan fingerprint density at radius 1 is 1.40 bits per heavy atom. The Labute approximate surface area is 130 Å². The summed E-state index contributed by atoms with van der Waals surface area (Å²) in [6.07, 6.45) is 0. The fraction of sp³-hybridized carbons (Fsp3) is 0.462. The van der Waals surface area contributed by atoms with Crippen LogP contribution in [0.15, 0.2) is 23.1 Å². The average Bonchev–Trinajstić information content (AvgIpc) is 2.39. The monoisotopic (exact) mass is 332 g/mol. The second-order valence-corrected chi connectivity index (χ2v) is 8.36. The average molecular weight is 333 g/mol. The number of nitrogens with one attached hydrogen (secondary N) is 1. The van der Waals surface area contributed by atoms with Crippen LogP contribution in [0.1, 0.15) is 19.4 Å². The lowest BCUT2D eigenvalue weighted by Crippen LogP contribution is -2.20. The second kappa shape index (κ2) is 7.85. The topological polar surface area (TPSA) is 72.2 Å². The first-order valence-electron chi connectivity index (χ1n) is 6.41. The molecule has 0 aliphatic rings. The molecule has 1 aromatic carbocycles. The van der Waals surface area contributed by atoms with Crippen molar-refractivity contribution in [3.63, 3.8) is 0 Å². The Hall–Kier alpha value is -0.790. The summed E-state index contributed by atoms with van der Waals surface area (Å²) in [5.41, 5.74) is 7.38. The molecule has 0 radical (unpaired) electrons. The minimum Gasteiger partial charge on any atom is -0.389 e. The molecule has 7 heteroatoms. The van der Waals surface area contributed by atoms with Crippen molar-refractivity contribution < 1.29 is 8.42 Å². The third-order valence-electron chi connectivity index (χ3n) is 2.74. The highest BCUT2D eigenvalue weighted by molar-refractivity contribution is 7.99. The van der Waals surface area contributed by atoms with Crippen molar-refractivity contribution in [1.82, 2.24) is 0 Å². The molecule has 0 saturated heterocycles. The Balaban J connectivity index is 2.89. The molecule has 3 N–H and O–H groups in total. The van der Waals surface area contributed by atoms with Crippen LogP contribution in [-0.2, 0) is 9.84 Å². The quantitative estimate of drug-likeness (QED) is 0.562. The molecule has 0 aliphatic carbocycles. The molecule has 0 saturated carbocycles. The largest absolute Gasteiger partial charge is 0.389 e. The van der Waals surface area contributed by atoms with Crippen molar-refractivity contribution in [3.8, 4) is 0 Å². The van der Waals surface area contributed by atoms with Gasteiger partial charge < -0.3 is 11.1 Å². The Bertz CT molecular complexity index is 571. The fourth-order valence-electron chi connectivity index (χ4n) is 1.69. The Kier molecular flexibility index (Phi) is 6.78. The molecule has 1 aromatic rings. The number of hydrogen-bond acceptors (Lipinski definition) is 5. The van der Waals surface area contributed by atoms with Crippen molar-refractivity contribution in [2.45, 2.75) is 18.7 Å². The summed E-state index contributed by atoms with van der Waals surface area (Å²) in [5, 5.41) is 3.12. The zero-order valence-electron chi connectivity index (χ0n) is 11.7. The van der Waals surface area contributed by atoms with Gasteiger partial charge in [-0.15, -0.1) is 11.8 Å². The zero-order chi connectivity index (χ0) is 15.2. The molecular formula is C13H20N2O2S3. The van der Waals surface area contributed by atoms with Gasteiger partial charge in [0.25, 0.3) is 0 Å². The number of rotatable bonds is 8. The van der Waals surface area contributed by atoms with Gasteiger partial charge in [0.1, 0.15) is 4.99 Å². The number of nitrogens with two attached hydrogens (primary N) is 1. The maximum atomic E-state index is 11.5. The molecule has 20 heavy (non-hydrogen) atoms. The van der Waals surface area contributed by atoms with Crippen LogP contribution >= 0.6 is 24.0 Å². The predicted octanol–water partition coefficient (Wildman–Crippen LogP) is 2.28. The minimum atomic E-state index is -2.97.